The van der Waals surface area contributed by atoms with E-state index in [0.29, 0.717) is 34.9 Å². The van der Waals surface area contributed by atoms with E-state index in [1.165, 1.54) is 18.0 Å². The molecule has 0 saturated heterocycles. The van der Waals surface area contributed by atoms with Crippen molar-refractivity contribution in [1.29, 1.82) is 0 Å². The molecule has 0 aliphatic carbocycles. The number of nitrogens with one attached hydrogen (secondary N) is 2. The third-order valence-electron chi connectivity index (χ3n) is 4.54. The summed E-state index contributed by atoms with van der Waals surface area (Å²) in [5, 5.41) is 10.7. The molecule has 1 amide bonds. The number of hydrogen-bond donors (Lipinski definition) is 2. The van der Waals surface area contributed by atoms with Crippen LogP contribution in [0, 0.1) is 0 Å². The monoisotopic (exact) mass is 364 g/mol. The Balaban J connectivity index is 1.57. The first-order valence-corrected chi connectivity index (χ1v) is 9.70. The van der Waals surface area contributed by atoms with Gasteiger partial charge in [-0.15, -0.1) is 0 Å². The summed E-state index contributed by atoms with van der Waals surface area (Å²) in [6, 6.07) is -0.151. The highest BCUT2D eigenvalue weighted by molar-refractivity contribution is 7.99. The van der Waals surface area contributed by atoms with E-state index < -0.39 is 0 Å². The van der Waals surface area contributed by atoms with Crippen molar-refractivity contribution in [3.63, 3.8) is 0 Å². The van der Waals surface area contributed by atoms with Gasteiger partial charge >= 0.3 is 0 Å². The van der Waals surface area contributed by atoms with E-state index in [1.54, 1.807) is 4.57 Å². The molecular formula is C16H24N6O2S. The van der Waals surface area contributed by atoms with E-state index in [0.717, 1.165) is 26.1 Å². The van der Waals surface area contributed by atoms with Crippen LogP contribution in [0.25, 0.3) is 11.0 Å². The highest BCUT2D eigenvalue weighted by atomic mass is 32.2. The molecule has 0 saturated carbocycles. The summed E-state index contributed by atoms with van der Waals surface area (Å²) in [5.74, 6) is 0.673. The molecule has 1 aliphatic heterocycles. The van der Waals surface area contributed by atoms with Crippen LogP contribution in [0.5, 0.6) is 0 Å². The van der Waals surface area contributed by atoms with Gasteiger partial charge in [0, 0.05) is 18.7 Å². The molecule has 0 bridgehead atoms. The van der Waals surface area contributed by atoms with E-state index in [4.69, 9.17) is 0 Å². The number of H-pyrrole nitrogens is 1. The van der Waals surface area contributed by atoms with Crippen LogP contribution in [0.1, 0.15) is 32.7 Å². The van der Waals surface area contributed by atoms with Gasteiger partial charge in [0.15, 0.2) is 10.8 Å². The number of fused-ring (bicyclic) bond motifs is 2. The van der Waals surface area contributed by atoms with Crippen LogP contribution in [0.4, 0.5) is 0 Å². The summed E-state index contributed by atoms with van der Waals surface area (Å²) >= 11 is 1.51. The summed E-state index contributed by atoms with van der Waals surface area (Å²) < 4.78 is 1.64. The number of carbonyl (C=O) groups excluding carboxylic acids is 1. The Morgan fingerprint density at radius 3 is 3.04 bits per heavy atom. The largest absolute Gasteiger partial charge is 0.356 e. The molecule has 2 aromatic rings. The van der Waals surface area contributed by atoms with Gasteiger partial charge in [-0.05, 0) is 26.1 Å². The molecule has 1 unspecified atom stereocenters. The Kier molecular flexibility index (Phi) is 5.74. The van der Waals surface area contributed by atoms with E-state index in [1.807, 2.05) is 0 Å². The zero-order valence-corrected chi connectivity index (χ0v) is 15.4. The smallest absolute Gasteiger partial charge is 0.265 e. The van der Waals surface area contributed by atoms with Crippen LogP contribution in [0.15, 0.2) is 16.1 Å². The summed E-state index contributed by atoms with van der Waals surface area (Å²) in [6.45, 7) is 7.98. The van der Waals surface area contributed by atoms with Crippen molar-refractivity contribution in [2.45, 2.75) is 37.9 Å². The second-order valence-corrected chi connectivity index (χ2v) is 7.09. The van der Waals surface area contributed by atoms with Crippen LogP contribution < -0.4 is 10.9 Å². The van der Waals surface area contributed by atoms with E-state index in [-0.39, 0.29) is 17.5 Å². The normalized spacial score (nSPS) is 16.5. The lowest BCUT2D eigenvalue weighted by Crippen LogP contribution is -2.32. The fourth-order valence-corrected chi connectivity index (χ4v) is 4.20. The first-order valence-electron chi connectivity index (χ1n) is 8.71. The van der Waals surface area contributed by atoms with Crippen molar-refractivity contribution in [2.24, 2.45) is 0 Å². The number of rotatable bonds is 8. The number of aromatic nitrogens is 4. The molecule has 3 rings (SSSR count). The number of hydrogen-bond acceptors (Lipinski definition) is 6. The van der Waals surface area contributed by atoms with Crippen molar-refractivity contribution >= 4 is 28.7 Å². The standard InChI is InChI=1S/C16H24N6O2S/c1-3-21(4-2)7-5-6-17-13(23)8-11-10-25-16-19-14-12(9-18-20-14)15(24)22(11)16/h9,11H,3-8,10H2,1-2H3,(H,17,23)(H,18,20). The molecule has 0 spiro atoms. The molecule has 0 fully saturated rings. The predicted molar refractivity (Wildman–Crippen MR) is 97.9 cm³/mol. The molecule has 0 radical (unpaired) electrons. The fourth-order valence-electron chi connectivity index (χ4n) is 3.06. The van der Waals surface area contributed by atoms with Gasteiger partial charge < -0.3 is 10.2 Å². The Labute approximate surface area is 150 Å². The lowest BCUT2D eigenvalue weighted by atomic mass is 10.2. The first kappa shape index (κ1) is 17.9. The number of amides is 1. The highest BCUT2D eigenvalue weighted by Crippen LogP contribution is 2.32. The third kappa shape index (κ3) is 3.87. The average molecular weight is 364 g/mol. The number of thioether (sulfide) groups is 1. The van der Waals surface area contributed by atoms with E-state index in [2.05, 4.69) is 39.2 Å². The third-order valence-corrected chi connectivity index (χ3v) is 5.64. The Morgan fingerprint density at radius 1 is 1.48 bits per heavy atom. The first-order chi connectivity index (χ1) is 12.1. The Bertz CT molecular complexity index is 798. The maximum atomic E-state index is 12.6. The summed E-state index contributed by atoms with van der Waals surface area (Å²) in [6.07, 6.45) is 2.72. The molecule has 0 aromatic carbocycles. The lowest BCUT2D eigenvalue weighted by molar-refractivity contribution is -0.121. The molecule has 136 valence electrons. The lowest BCUT2D eigenvalue weighted by Gasteiger charge is -2.18. The van der Waals surface area contributed by atoms with Crippen LogP contribution in [-0.4, -0.2) is 62.5 Å². The summed E-state index contributed by atoms with van der Waals surface area (Å²) in [7, 11) is 0. The van der Waals surface area contributed by atoms with Crippen molar-refractivity contribution in [3.8, 4) is 0 Å². The second kappa shape index (κ2) is 8.01. The average Bonchev–Trinajstić information content (AvgIpc) is 3.23. The quantitative estimate of drug-likeness (QED) is 0.536. The highest BCUT2D eigenvalue weighted by Gasteiger charge is 2.28. The minimum atomic E-state index is -0.151. The number of nitrogens with zero attached hydrogens (tertiary/aromatic N) is 4. The SMILES string of the molecule is CCN(CC)CCCNC(=O)CC1CSc2nc3[nH]ncc3c(=O)n21. The van der Waals surface area contributed by atoms with Crippen LogP contribution in [0.3, 0.4) is 0 Å². The zero-order chi connectivity index (χ0) is 17.8. The van der Waals surface area contributed by atoms with E-state index >= 15 is 0 Å². The zero-order valence-electron chi connectivity index (χ0n) is 14.6. The van der Waals surface area contributed by atoms with Crippen LogP contribution >= 0.6 is 11.8 Å². The predicted octanol–water partition coefficient (Wildman–Crippen LogP) is 1.00. The van der Waals surface area contributed by atoms with Gasteiger partial charge in [-0.3, -0.25) is 19.3 Å². The summed E-state index contributed by atoms with van der Waals surface area (Å²) in [5.41, 5.74) is 0.378. The van der Waals surface area contributed by atoms with Gasteiger partial charge in [0.1, 0.15) is 5.39 Å². The Morgan fingerprint density at radius 2 is 2.28 bits per heavy atom. The molecule has 3 heterocycles. The van der Waals surface area contributed by atoms with E-state index in [9.17, 15) is 9.59 Å². The molecule has 25 heavy (non-hydrogen) atoms. The maximum Gasteiger partial charge on any atom is 0.265 e. The summed E-state index contributed by atoms with van der Waals surface area (Å²) in [4.78, 5) is 31.6. The molecule has 9 heteroatoms. The van der Waals surface area contributed by atoms with Gasteiger partial charge in [0.05, 0.1) is 12.2 Å². The van der Waals surface area contributed by atoms with Gasteiger partial charge in [0.2, 0.25) is 5.91 Å². The van der Waals surface area contributed by atoms with Gasteiger partial charge in [-0.25, -0.2) is 4.98 Å². The van der Waals surface area contributed by atoms with Gasteiger partial charge in [-0.2, -0.15) is 5.10 Å². The molecule has 8 nitrogen and oxygen atoms in total. The van der Waals surface area contributed by atoms with Crippen LogP contribution in [-0.2, 0) is 4.79 Å². The topological polar surface area (TPSA) is 95.9 Å². The second-order valence-electron chi connectivity index (χ2n) is 6.10. The molecule has 2 N–H and O–H groups in total. The molecule has 1 aliphatic rings. The van der Waals surface area contributed by atoms with Crippen molar-refractivity contribution in [1.82, 2.24) is 30.0 Å². The van der Waals surface area contributed by atoms with Gasteiger partial charge in [-0.1, -0.05) is 25.6 Å². The van der Waals surface area contributed by atoms with Crippen molar-refractivity contribution in [2.75, 3.05) is 31.9 Å². The minimum absolute atomic E-state index is 0.0165. The molecule has 1 atom stereocenters. The maximum absolute atomic E-state index is 12.6. The molecule has 2 aromatic heterocycles. The minimum Gasteiger partial charge on any atom is -0.356 e. The molecular weight excluding hydrogens is 340 g/mol. The van der Waals surface area contributed by atoms with Crippen LogP contribution in [0.2, 0.25) is 0 Å². The Hall–Kier alpha value is -1.87. The number of aromatic amines is 1. The van der Waals surface area contributed by atoms with Crippen molar-refractivity contribution in [3.05, 3.63) is 16.6 Å². The fraction of sp³-hybridized carbons (Fsp3) is 0.625. The number of carbonyl (C=O) groups is 1. The van der Waals surface area contributed by atoms with Crippen molar-refractivity contribution < 1.29 is 4.79 Å². The van der Waals surface area contributed by atoms with Gasteiger partial charge in [0.25, 0.3) is 5.56 Å².